The summed E-state index contributed by atoms with van der Waals surface area (Å²) < 4.78 is 13.6. The average molecular weight is 327 g/mol. The summed E-state index contributed by atoms with van der Waals surface area (Å²) in [4.78, 5) is 20.4. The molecule has 1 aromatic heterocycles. The first kappa shape index (κ1) is 16.4. The quantitative estimate of drug-likeness (QED) is 0.816. The van der Waals surface area contributed by atoms with Gasteiger partial charge in [0.1, 0.15) is 17.1 Å². The van der Waals surface area contributed by atoms with Crippen LogP contribution in [0.3, 0.4) is 0 Å². The lowest BCUT2D eigenvalue weighted by molar-refractivity contribution is 0.0242. The summed E-state index contributed by atoms with van der Waals surface area (Å²) in [5, 5.41) is 10.6. The Labute approximate surface area is 139 Å². The van der Waals surface area contributed by atoms with Gasteiger partial charge in [-0.1, -0.05) is 24.0 Å². The number of piperidine rings is 1. The molecular formula is C18H18FN3O2. The lowest BCUT2D eigenvalue weighted by atomic mass is 9.91. The summed E-state index contributed by atoms with van der Waals surface area (Å²) in [6.07, 6.45) is 3.94. The van der Waals surface area contributed by atoms with E-state index in [0.717, 1.165) is 0 Å². The molecule has 1 aliphatic heterocycles. The van der Waals surface area contributed by atoms with Gasteiger partial charge in [0.25, 0.3) is 5.56 Å². The molecule has 5 nitrogen and oxygen atoms in total. The molecule has 3 rings (SSSR count). The molecule has 1 aromatic carbocycles. The number of nitrogens with one attached hydrogen (secondary N) is 1. The van der Waals surface area contributed by atoms with Crippen molar-refractivity contribution >= 4 is 0 Å². The van der Waals surface area contributed by atoms with Crippen molar-refractivity contribution < 1.29 is 9.50 Å². The maximum atomic E-state index is 13.6. The summed E-state index contributed by atoms with van der Waals surface area (Å²) in [6, 6.07) is 6.26. The fourth-order valence-corrected chi connectivity index (χ4v) is 2.66. The molecule has 2 aromatic rings. The Kier molecular flexibility index (Phi) is 4.74. The fraction of sp³-hybridized carbons (Fsp3) is 0.333. The van der Waals surface area contributed by atoms with Gasteiger partial charge in [-0.2, -0.15) is 0 Å². The highest BCUT2D eigenvalue weighted by atomic mass is 19.1. The molecule has 0 saturated carbocycles. The summed E-state index contributed by atoms with van der Waals surface area (Å²) >= 11 is 0. The highest BCUT2D eigenvalue weighted by molar-refractivity contribution is 5.37. The Hall–Kier alpha value is -2.49. The molecule has 0 amide bonds. The Bertz CT molecular complexity index is 830. The molecule has 2 heterocycles. The van der Waals surface area contributed by atoms with E-state index in [1.54, 1.807) is 24.4 Å². The van der Waals surface area contributed by atoms with Crippen LogP contribution in [0.25, 0.3) is 0 Å². The number of aromatic nitrogens is 2. The number of aliphatic hydroxyl groups is 1. The summed E-state index contributed by atoms with van der Waals surface area (Å²) in [5.74, 6) is 5.15. The van der Waals surface area contributed by atoms with E-state index in [2.05, 4.69) is 26.7 Å². The zero-order chi connectivity index (χ0) is 17.0. The number of halogens is 1. The number of hydrogen-bond donors (Lipinski definition) is 2. The molecule has 124 valence electrons. The number of nitrogens with zero attached hydrogens (tertiary/aromatic N) is 2. The third-order valence-electron chi connectivity index (χ3n) is 4.14. The van der Waals surface area contributed by atoms with Crippen LogP contribution < -0.4 is 5.56 Å². The summed E-state index contributed by atoms with van der Waals surface area (Å²) in [6.45, 7) is 1.63. The van der Waals surface area contributed by atoms with E-state index in [9.17, 15) is 14.3 Å². The molecule has 0 bridgehead atoms. The largest absolute Gasteiger partial charge is 0.377 e. The molecule has 0 spiro atoms. The fourth-order valence-electron chi connectivity index (χ4n) is 2.66. The Balaban J connectivity index is 1.63. The zero-order valence-electron chi connectivity index (χ0n) is 13.1. The maximum Gasteiger partial charge on any atom is 0.270 e. The molecule has 1 saturated heterocycles. The topological polar surface area (TPSA) is 69.2 Å². The molecule has 1 fully saturated rings. The van der Waals surface area contributed by atoms with Crippen molar-refractivity contribution in [3.05, 3.63) is 64.1 Å². The van der Waals surface area contributed by atoms with Crippen LogP contribution in [0.5, 0.6) is 0 Å². The Morgan fingerprint density at radius 1 is 1.33 bits per heavy atom. The minimum absolute atomic E-state index is 0.197. The molecular weight excluding hydrogens is 309 g/mol. The van der Waals surface area contributed by atoms with Crippen molar-refractivity contribution in [3.8, 4) is 11.8 Å². The van der Waals surface area contributed by atoms with Gasteiger partial charge in [-0.15, -0.1) is 0 Å². The second-order valence-electron chi connectivity index (χ2n) is 5.90. The van der Waals surface area contributed by atoms with Crippen molar-refractivity contribution in [2.45, 2.75) is 25.0 Å². The van der Waals surface area contributed by atoms with E-state index in [0.29, 0.717) is 38.2 Å². The van der Waals surface area contributed by atoms with E-state index in [1.165, 1.54) is 12.3 Å². The lowest BCUT2D eigenvalue weighted by Gasteiger charge is -2.34. The van der Waals surface area contributed by atoms with Crippen LogP contribution in [0.15, 0.2) is 41.5 Å². The first-order valence-electron chi connectivity index (χ1n) is 7.81. The van der Waals surface area contributed by atoms with E-state index < -0.39 is 5.60 Å². The van der Waals surface area contributed by atoms with Gasteiger partial charge in [0.05, 0.1) is 5.56 Å². The van der Waals surface area contributed by atoms with Gasteiger partial charge in [0.15, 0.2) is 0 Å². The van der Waals surface area contributed by atoms with Crippen LogP contribution in [0.2, 0.25) is 0 Å². The number of rotatable bonds is 2. The first-order valence-corrected chi connectivity index (χ1v) is 7.81. The van der Waals surface area contributed by atoms with E-state index in [4.69, 9.17) is 0 Å². The van der Waals surface area contributed by atoms with Gasteiger partial charge in [-0.05, 0) is 12.1 Å². The lowest BCUT2D eigenvalue weighted by Crippen LogP contribution is -2.43. The highest BCUT2D eigenvalue weighted by Gasteiger charge is 2.30. The maximum absolute atomic E-state index is 13.6. The standard InChI is InChI=1S/C18H18FN3O2/c19-15-4-2-1-3-14(15)5-6-18(24)7-11-22(12-8-18)13-16-17(23)21-10-9-20-16/h1-4,9-10,24H,7-8,11-13H2,(H,21,23). The Morgan fingerprint density at radius 2 is 2.08 bits per heavy atom. The van der Waals surface area contributed by atoms with Crippen molar-refractivity contribution in [2.24, 2.45) is 0 Å². The zero-order valence-corrected chi connectivity index (χ0v) is 13.1. The molecule has 0 unspecified atom stereocenters. The van der Waals surface area contributed by atoms with Crippen LogP contribution >= 0.6 is 0 Å². The molecule has 24 heavy (non-hydrogen) atoms. The molecule has 0 aliphatic carbocycles. The second kappa shape index (κ2) is 6.95. The third-order valence-corrected chi connectivity index (χ3v) is 4.14. The number of aromatic amines is 1. The van der Waals surface area contributed by atoms with Gasteiger partial charge < -0.3 is 10.1 Å². The minimum atomic E-state index is -1.13. The van der Waals surface area contributed by atoms with Crippen LogP contribution in [0, 0.1) is 17.7 Å². The number of benzene rings is 1. The predicted molar refractivity (Wildman–Crippen MR) is 87.6 cm³/mol. The summed E-state index contributed by atoms with van der Waals surface area (Å²) in [5.41, 5.74) is -0.582. The van der Waals surface area contributed by atoms with Crippen LogP contribution in [-0.2, 0) is 6.54 Å². The monoisotopic (exact) mass is 327 g/mol. The molecule has 1 aliphatic rings. The molecule has 6 heteroatoms. The van der Waals surface area contributed by atoms with Crippen molar-refractivity contribution in [1.29, 1.82) is 0 Å². The van der Waals surface area contributed by atoms with Crippen LogP contribution in [0.1, 0.15) is 24.1 Å². The predicted octanol–water partition coefficient (Wildman–Crippen LogP) is 1.29. The number of hydrogen-bond acceptors (Lipinski definition) is 4. The highest BCUT2D eigenvalue weighted by Crippen LogP contribution is 2.22. The van der Waals surface area contributed by atoms with Crippen LogP contribution in [0.4, 0.5) is 4.39 Å². The van der Waals surface area contributed by atoms with E-state index in [1.807, 2.05) is 0 Å². The Morgan fingerprint density at radius 3 is 2.79 bits per heavy atom. The van der Waals surface area contributed by atoms with E-state index >= 15 is 0 Å². The van der Waals surface area contributed by atoms with Crippen molar-refractivity contribution in [1.82, 2.24) is 14.9 Å². The minimum Gasteiger partial charge on any atom is -0.377 e. The number of likely N-dealkylation sites (tertiary alicyclic amines) is 1. The van der Waals surface area contributed by atoms with Gasteiger partial charge in [0.2, 0.25) is 0 Å². The smallest absolute Gasteiger partial charge is 0.270 e. The third kappa shape index (κ3) is 3.88. The first-order chi connectivity index (χ1) is 11.6. The molecule has 2 N–H and O–H groups in total. The average Bonchev–Trinajstić information content (AvgIpc) is 2.58. The van der Waals surface area contributed by atoms with Gasteiger partial charge in [0, 0.05) is 44.9 Å². The molecule has 0 radical (unpaired) electrons. The van der Waals surface area contributed by atoms with Crippen LogP contribution in [-0.4, -0.2) is 38.7 Å². The number of H-pyrrole nitrogens is 1. The van der Waals surface area contributed by atoms with Gasteiger partial charge in [-0.25, -0.2) is 4.39 Å². The summed E-state index contributed by atoms with van der Waals surface area (Å²) in [7, 11) is 0. The SMILES string of the molecule is O=c1[nH]ccnc1CN1CCC(O)(C#Cc2ccccc2F)CC1. The second-order valence-corrected chi connectivity index (χ2v) is 5.90. The van der Waals surface area contributed by atoms with Gasteiger partial charge in [-0.3, -0.25) is 14.7 Å². The molecule has 0 atom stereocenters. The van der Waals surface area contributed by atoms with Gasteiger partial charge >= 0.3 is 0 Å². The van der Waals surface area contributed by atoms with Crippen molar-refractivity contribution in [2.75, 3.05) is 13.1 Å². The van der Waals surface area contributed by atoms with E-state index in [-0.39, 0.29) is 16.9 Å². The van der Waals surface area contributed by atoms with Crippen molar-refractivity contribution in [3.63, 3.8) is 0 Å². The normalized spacial score (nSPS) is 17.1.